The average Bonchev–Trinajstić information content (AvgIpc) is 2.11. The summed E-state index contributed by atoms with van der Waals surface area (Å²) in [5.41, 5.74) is 0.102. The molecule has 0 bridgehead atoms. The van der Waals surface area contributed by atoms with Gasteiger partial charge in [-0.05, 0) is 0 Å². The van der Waals surface area contributed by atoms with Gasteiger partial charge in [0.25, 0.3) is 0 Å². The van der Waals surface area contributed by atoms with E-state index in [0.29, 0.717) is 6.73 Å². The van der Waals surface area contributed by atoms with Gasteiger partial charge in [-0.15, -0.1) is 0 Å². The summed E-state index contributed by atoms with van der Waals surface area (Å²) in [4.78, 5) is 6.92. The lowest BCUT2D eigenvalue weighted by Gasteiger charge is -2.22. The predicted molar refractivity (Wildman–Crippen MR) is 40.6 cm³/mol. The van der Waals surface area contributed by atoms with E-state index < -0.39 is 0 Å². The SMILES string of the molecule is CN1CON=C1C(C)(C)C. The summed E-state index contributed by atoms with van der Waals surface area (Å²) < 4.78 is 0. The molecular weight excluding hydrogens is 128 g/mol. The molecule has 0 fully saturated rings. The van der Waals surface area contributed by atoms with Crippen molar-refractivity contribution in [3.63, 3.8) is 0 Å². The van der Waals surface area contributed by atoms with Crippen molar-refractivity contribution >= 4 is 5.84 Å². The fraction of sp³-hybridized carbons (Fsp3) is 0.857. The van der Waals surface area contributed by atoms with Crippen molar-refractivity contribution in [3.8, 4) is 0 Å². The van der Waals surface area contributed by atoms with Crippen molar-refractivity contribution in [2.45, 2.75) is 20.8 Å². The third-order valence-corrected chi connectivity index (χ3v) is 1.43. The zero-order valence-corrected chi connectivity index (χ0v) is 7.01. The molecule has 0 saturated heterocycles. The van der Waals surface area contributed by atoms with Crippen LogP contribution in [0.4, 0.5) is 0 Å². The average molecular weight is 142 g/mol. The number of hydrogen-bond acceptors (Lipinski definition) is 3. The van der Waals surface area contributed by atoms with Crippen LogP contribution in [-0.2, 0) is 4.84 Å². The summed E-state index contributed by atoms with van der Waals surface area (Å²) >= 11 is 0. The van der Waals surface area contributed by atoms with E-state index in [2.05, 4.69) is 25.9 Å². The lowest BCUT2D eigenvalue weighted by atomic mass is 9.94. The molecule has 0 aromatic rings. The molecule has 3 heteroatoms. The monoisotopic (exact) mass is 142 g/mol. The lowest BCUT2D eigenvalue weighted by Crippen LogP contribution is -2.33. The van der Waals surface area contributed by atoms with Crippen molar-refractivity contribution < 1.29 is 4.84 Å². The second-order valence-electron chi connectivity index (χ2n) is 3.62. The van der Waals surface area contributed by atoms with Gasteiger partial charge in [-0.25, -0.2) is 0 Å². The molecule has 0 saturated carbocycles. The van der Waals surface area contributed by atoms with E-state index >= 15 is 0 Å². The smallest absolute Gasteiger partial charge is 0.190 e. The second-order valence-corrected chi connectivity index (χ2v) is 3.62. The summed E-state index contributed by atoms with van der Waals surface area (Å²) in [6.07, 6.45) is 0. The third kappa shape index (κ3) is 1.23. The Kier molecular flexibility index (Phi) is 1.58. The predicted octanol–water partition coefficient (Wildman–Crippen LogP) is 1.27. The van der Waals surface area contributed by atoms with Crippen LogP contribution in [0.5, 0.6) is 0 Å². The molecule has 0 aromatic carbocycles. The molecule has 1 heterocycles. The minimum absolute atomic E-state index is 0.102. The second kappa shape index (κ2) is 2.15. The molecule has 1 aliphatic heterocycles. The van der Waals surface area contributed by atoms with Gasteiger partial charge in [-0.2, -0.15) is 0 Å². The highest BCUT2D eigenvalue weighted by molar-refractivity contribution is 5.87. The van der Waals surface area contributed by atoms with Crippen LogP contribution in [0.1, 0.15) is 20.8 Å². The molecule has 0 aromatic heterocycles. The largest absolute Gasteiger partial charge is 0.372 e. The molecule has 58 valence electrons. The molecule has 3 nitrogen and oxygen atoms in total. The maximum absolute atomic E-state index is 4.91. The number of oxime groups is 1. The van der Waals surface area contributed by atoms with Crippen molar-refractivity contribution in [2.24, 2.45) is 10.6 Å². The van der Waals surface area contributed by atoms with E-state index in [1.54, 1.807) is 0 Å². The molecule has 0 N–H and O–H groups in total. The maximum atomic E-state index is 4.91. The fourth-order valence-corrected chi connectivity index (χ4v) is 1.02. The molecule has 1 rings (SSSR count). The molecule has 0 amide bonds. The number of amidine groups is 1. The highest BCUT2D eigenvalue weighted by Crippen LogP contribution is 2.20. The molecule has 0 radical (unpaired) electrons. The van der Waals surface area contributed by atoms with E-state index in [1.165, 1.54) is 0 Å². The van der Waals surface area contributed by atoms with E-state index in [0.717, 1.165) is 5.84 Å². The highest BCUT2D eigenvalue weighted by atomic mass is 16.7. The Morgan fingerprint density at radius 3 is 2.30 bits per heavy atom. The van der Waals surface area contributed by atoms with Gasteiger partial charge < -0.3 is 9.74 Å². The van der Waals surface area contributed by atoms with E-state index in [9.17, 15) is 0 Å². The Labute approximate surface area is 61.6 Å². The number of rotatable bonds is 0. The molecule has 0 atom stereocenters. The van der Waals surface area contributed by atoms with E-state index in [-0.39, 0.29) is 5.41 Å². The van der Waals surface area contributed by atoms with Crippen molar-refractivity contribution in [2.75, 3.05) is 13.8 Å². The van der Waals surface area contributed by atoms with Crippen molar-refractivity contribution in [1.82, 2.24) is 4.90 Å². The first-order valence-corrected chi connectivity index (χ1v) is 3.43. The quantitative estimate of drug-likeness (QED) is 0.508. The first-order valence-electron chi connectivity index (χ1n) is 3.43. The zero-order chi connectivity index (χ0) is 7.78. The van der Waals surface area contributed by atoms with Gasteiger partial charge in [0.15, 0.2) is 12.6 Å². The summed E-state index contributed by atoms with van der Waals surface area (Å²) in [7, 11) is 1.98. The van der Waals surface area contributed by atoms with E-state index in [1.807, 2.05) is 11.9 Å². The minimum Gasteiger partial charge on any atom is -0.372 e. The van der Waals surface area contributed by atoms with Crippen LogP contribution in [0.15, 0.2) is 5.16 Å². The van der Waals surface area contributed by atoms with Gasteiger partial charge in [0, 0.05) is 12.5 Å². The Balaban J connectivity index is 2.72. The Bertz CT molecular complexity index is 157. The molecule has 10 heavy (non-hydrogen) atoms. The van der Waals surface area contributed by atoms with Crippen LogP contribution in [0.25, 0.3) is 0 Å². The maximum Gasteiger partial charge on any atom is 0.190 e. The van der Waals surface area contributed by atoms with Gasteiger partial charge >= 0.3 is 0 Å². The third-order valence-electron chi connectivity index (χ3n) is 1.43. The van der Waals surface area contributed by atoms with Crippen molar-refractivity contribution in [3.05, 3.63) is 0 Å². The molecule has 1 aliphatic rings. The van der Waals surface area contributed by atoms with Crippen LogP contribution >= 0.6 is 0 Å². The van der Waals surface area contributed by atoms with Gasteiger partial charge in [0.1, 0.15) is 0 Å². The number of nitrogens with zero attached hydrogens (tertiary/aromatic N) is 2. The van der Waals surface area contributed by atoms with Crippen LogP contribution in [0.2, 0.25) is 0 Å². The zero-order valence-electron chi connectivity index (χ0n) is 7.01. The molecule has 0 unspecified atom stereocenters. The first kappa shape index (κ1) is 7.38. The highest BCUT2D eigenvalue weighted by Gasteiger charge is 2.26. The first-order chi connectivity index (χ1) is 4.52. The van der Waals surface area contributed by atoms with E-state index in [4.69, 9.17) is 4.84 Å². The van der Waals surface area contributed by atoms with Gasteiger partial charge in [-0.3, -0.25) is 0 Å². The molecular formula is C7H14N2O. The summed E-state index contributed by atoms with van der Waals surface area (Å²) in [6.45, 7) is 6.96. The van der Waals surface area contributed by atoms with Crippen LogP contribution < -0.4 is 0 Å². The Hall–Kier alpha value is -0.730. The Morgan fingerprint density at radius 2 is 2.10 bits per heavy atom. The fourth-order valence-electron chi connectivity index (χ4n) is 1.02. The molecule has 0 spiro atoms. The van der Waals surface area contributed by atoms with Gasteiger partial charge in [-0.1, -0.05) is 25.9 Å². The van der Waals surface area contributed by atoms with Gasteiger partial charge in [0.2, 0.25) is 0 Å². The summed E-state index contributed by atoms with van der Waals surface area (Å²) in [6, 6.07) is 0. The standard InChI is InChI=1S/C7H14N2O/c1-7(2,3)6-8-10-5-9(6)4/h5H2,1-4H3. The Morgan fingerprint density at radius 1 is 1.50 bits per heavy atom. The lowest BCUT2D eigenvalue weighted by molar-refractivity contribution is 0.120. The van der Waals surface area contributed by atoms with Crippen LogP contribution in [-0.4, -0.2) is 24.5 Å². The minimum atomic E-state index is 0.102. The van der Waals surface area contributed by atoms with Crippen molar-refractivity contribution in [1.29, 1.82) is 0 Å². The number of hydrogen-bond donors (Lipinski definition) is 0. The summed E-state index contributed by atoms with van der Waals surface area (Å²) in [5.74, 6) is 1.02. The topological polar surface area (TPSA) is 24.8 Å². The normalized spacial score (nSPS) is 18.8. The van der Waals surface area contributed by atoms with Crippen LogP contribution in [0, 0.1) is 5.41 Å². The van der Waals surface area contributed by atoms with Gasteiger partial charge in [0.05, 0.1) is 0 Å². The molecule has 0 aliphatic carbocycles. The summed E-state index contributed by atoms with van der Waals surface area (Å²) in [5, 5.41) is 3.93. The van der Waals surface area contributed by atoms with Crippen LogP contribution in [0.3, 0.4) is 0 Å².